The van der Waals surface area contributed by atoms with Crippen molar-refractivity contribution in [2.75, 3.05) is 7.05 Å². The Morgan fingerprint density at radius 3 is 2.71 bits per heavy atom. The molecule has 1 saturated carbocycles. The summed E-state index contributed by atoms with van der Waals surface area (Å²) in [6.07, 6.45) is 4.57. The average molecular weight is 419 g/mol. The molecule has 1 atom stereocenters. The van der Waals surface area contributed by atoms with Crippen molar-refractivity contribution in [1.82, 2.24) is 14.9 Å². The second-order valence-corrected chi connectivity index (χ2v) is 10.1. The molecule has 0 unspecified atom stereocenters. The van der Waals surface area contributed by atoms with Crippen LogP contribution >= 0.6 is 23.1 Å². The van der Waals surface area contributed by atoms with Crippen LogP contribution in [0, 0.1) is 25.2 Å². The molecule has 150 valence electrons. The summed E-state index contributed by atoms with van der Waals surface area (Å²) in [5, 5.41) is 10.1. The van der Waals surface area contributed by atoms with Gasteiger partial charge >= 0.3 is 0 Å². The number of nitrogens with zero attached hydrogens (tertiary/aromatic N) is 3. The number of H-pyrrole nitrogens is 1. The third-order valence-electron chi connectivity index (χ3n) is 5.77. The molecule has 0 bridgehead atoms. The van der Waals surface area contributed by atoms with Crippen molar-refractivity contribution < 1.29 is 4.79 Å². The highest BCUT2D eigenvalue weighted by Crippen LogP contribution is 2.34. The zero-order valence-corrected chi connectivity index (χ0v) is 18.4. The third-order valence-corrected chi connectivity index (χ3v) is 8.01. The van der Waals surface area contributed by atoms with Gasteiger partial charge in [0.05, 0.1) is 22.5 Å². The smallest absolute Gasteiger partial charge is 0.259 e. The van der Waals surface area contributed by atoms with Crippen LogP contribution in [0.5, 0.6) is 0 Å². The number of hydrogen-bond acceptors (Lipinski definition) is 6. The third kappa shape index (κ3) is 3.83. The van der Waals surface area contributed by atoms with Crippen LogP contribution in [-0.4, -0.2) is 38.6 Å². The summed E-state index contributed by atoms with van der Waals surface area (Å²) >= 11 is 2.96. The molecule has 1 amide bonds. The zero-order valence-electron chi connectivity index (χ0n) is 16.8. The van der Waals surface area contributed by atoms with Crippen molar-refractivity contribution in [2.45, 2.75) is 69.4 Å². The molecular weight excluding hydrogens is 392 g/mol. The topological polar surface area (TPSA) is 89.8 Å². The lowest BCUT2D eigenvalue weighted by atomic mass is 9.81. The van der Waals surface area contributed by atoms with Crippen LogP contribution in [0.25, 0.3) is 10.2 Å². The molecule has 1 aliphatic rings. The van der Waals surface area contributed by atoms with Gasteiger partial charge in [0, 0.05) is 11.9 Å². The number of aryl methyl sites for hydroxylation is 2. The molecule has 3 rings (SSSR count). The number of carbonyl (C=O) groups is 1. The number of aromatic amines is 1. The molecule has 2 aromatic heterocycles. The Kier molecular flexibility index (Phi) is 6.15. The monoisotopic (exact) mass is 418 g/mol. The van der Waals surface area contributed by atoms with Crippen LogP contribution in [0.2, 0.25) is 0 Å². The van der Waals surface area contributed by atoms with Crippen LogP contribution in [0.4, 0.5) is 0 Å². The first-order valence-corrected chi connectivity index (χ1v) is 11.4. The molecule has 1 fully saturated rings. The maximum Gasteiger partial charge on any atom is 0.259 e. The average Bonchev–Trinajstić information content (AvgIpc) is 2.99. The van der Waals surface area contributed by atoms with Gasteiger partial charge in [0.2, 0.25) is 5.91 Å². The summed E-state index contributed by atoms with van der Waals surface area (Å²) in [6, 6.07) is 2.40. The van der Waals surface area contributed by atoms with Crippen LogP contribution in [-0.2, 0) is 10.5 Å². The summed E-state index contributed by atoms with van der Waals surface area (Å²) in [6.45, 7) is 5.78. The van der Waals surface area contributed by atoms with E-state index in [1.54, 1.807) is 11.9 Å². The lowest BCUT2D eigenvalue weighted by molar-refractivity contribution is -0.133. The SMILES string of the molecule is Cc1sc2nc(CS[C@@H](C)C(=O)N(C)C3(C#N)CCCCC3)[nH]c(=O)c2c1C. The summed E-state index contributed by atoms with van der Waals surface area (Å²) in [5.74, 6) is 0.986. The summed E-state index contributed by atoms with van der Waals surface area (Å²) in [4.78, 5) is 36.2. The minimum absolute atomic E-state index is 0.0420. The minimum atomic E-state index is -0.679. The van der Waals surface area contributed by atoms with E-state index in [2.05, 4.69) is 16.0 Å². The Bertz CT molecular complexity index is 982. The number of carbonyl (C=O) groups excluding carboxylic acids is 1. The Morgan fingerprint density at radius 2 is 2.07 bits per heavy atom. The van der Waals surface area contributed by atoms with E-state index >= 15 is 0 Å². The first kappa shape index (κ1) is 20.9. The number of thiophene rings is 1. The Morgan fingerprint density at radius 1 is 1.39 bits per heavy atom. The number of hydrogen-bond donors (Lipinski definition) is 1. The van der Waals surface area contributed by atoms with Gasteiger partial charge in [0.1, 0.15) is 16.2 Å². The second-order valence-electron chi connectivity index (χ2n) is 7.53. The highest BCUT2D eigenvalue weighted by atomic mass is 32.2. The highest BCUT2D eigenvalue weighted by Gasteiger charge is 2.40. The number of nitriles is 1. The quantitative estimate of drug-likeness (QED) is 0.795. The van der Waals surface area contributed by atoms with Gasteiger partial charge in [0.15, 0.2) is 0 Å². The summed E-state index contributed by atoms with van der Waals surface area (Å²) in [7, 11) is 1.75. The van der Waals surface area contributed by atoms with Crippen LogP contribution < -0.4 is 5.56 Å². The fourth-order valence-electron chi connectivity index (χ4n) is 3.79. The molecule has 8 heteroatoms. The van der Waals surface area contributed by atoms with Gasteiger partial charge in [-0.15, -0.1) is 23.1 Å². The molecule has 0 aromatic carbocycles. The van der Waals surface area contributed by atoms with Crippen LogP contribution in [0.15, 0.2) is 4.79 Å². The molecule has 0 saturated heterocycles. The van der Waals surface area contributed by atoms with E-state index in [9.17, 15) is 14.9 Å². The van der Waals surface area contributed by atoms with Gasteiger partial charge in [-0.05, 0) is 39.2 Å². The zero-order chi connectivity index (χ0) is 20.5. The van der Waals surface area contributed by atoms with Crippen molar-refractivity contribution in [2.24, 2.45) is 0 Å². The van der Waals surface area contributed by atoms with Gasteiger partial charge in [0.25, 0.3) is 5.56 Å². The maximum atomic E-state index is 12.9. The lowest BCUT2D eigenvalue weighted by Gasteiger charge is -2.40. The second kappa shape index (κ2) is 8.26. The van der Waals surface area contributed by atoms with Gasteiger partial charge in [-0.3, -0.25) is 9.59 Å². The van der Waals surface area contributed by atoms with Crippen LogP contribution in [0.3, 0.4) is 0 Å². The number of fused-ring (bicyclic) bond motifs is 1. The number of amides is 1. The highest BCUT2D eigenvalue weighted by molar-refractivity contribution is 7.99. The van der Waals surface area contributed by atoms with Gasteiger partial charge in [-0.2, -0.15) is 5.26 Å². The van der Waals surface area contributed by atoms with Crippen LogP contribution in [0.1, 0.15) is 55.3 Å². The molecule has 1 aliphatic carbocycles. The van der Waals surface area contributed by atoms with Crippen molar-refractivity contribution in [3.05, 3.63) is 26.6 Å². The largest absolute Gasteiger partial charge is 0.326 e. The molecule has 1 N–H and O–H groups in total. The Hall–Kier alpha value is -1.85. The lowest BCUT2D eigenvalue weighted by Crippen LogP contribution is -2.52. The van der Waals surface area contributed by atoms with E-state index < -0.39 is 5.54 Å². The van der Waals surface area contributed by atoms with Gasteiger partial charge in [-0.25, -0.2) is 4.98 Å². The van der Waals surface area contributed by atoms with Gasteiger partial charge in [-0.1, -0.05) is 19.3 Å². The number of thioether (sulfide) groups is 1. The molecule has 2 aromatic rings. The molecule has 0 spiro atoms. The molecular formula is C20H26N4O2S2. The fourth-order valence-corrected chi connectivity index (χ4v) is 5.68. The summed E-state index contributed by atoms with van der Waals surface area (Å²) < 4.78 is 0. The molecule has 28 heavy (non-hydrogen) atoms. The van der Waals surface area contributed by atoms with Crippen molar-refractivity contribution in [3.63, 3.8) is 0 Å². The molecule has 2 heterocycles. The van der Waals surface area contributed by atoms with E-state index in [-0.39, 0.29) is 16.7 Å². The van der Waals surface area contributed by atoms with E-state index in [4.69, 9.17) is 0 Å². The Balaban J connectivity index is 1.70. The molecule has 0 radical (unpaired) electrons. The first-order chi connectivity index (χ1) is 13.3. The van der Waals surface area contributed by atoms with E-state index in [0.29, 0.717) is 17.0 Å². The number of nitrogens with one attached hydrogen (secondary N) is 1. The van der Waals surface area contributed by atoms with E-state index in [1.807, 2.05) is 20.8 Å². The van der Waals surface area contributed by atoms with E-state index in [1.165, 1.54) is 23.1 Å². The predicted octanol–water partition coefficient (Wildman–Crippen LogP) is 3.91. The van der Waals surface area contributed by atoms with Gasteiger partial charge < -0.3 is 9.88 Å². The molecule has 0 aliphatic heterocycles. The first-order valence-electron chi connectivity index (χ1n) is 9.58. The fraction of sp³-hybridized carbons (Fsp3) is 0.600. The van der Waals surface area contributed by atoms with Crippen molar-refractivity contribution >= 4 is 39.2 Å². The minimum Gasteiger partial charge on any atom is -0.326 e. The summed E-state index contributed by atoms with van der Waals surface area (Å²) in [5.41, 5.74) is 0.179. The number of aromatic nitrogens is 2. The predicted molar refractivity (Wildman–Crippen MR) is 115 cm³/mol. The molecule has 6 nitrogen and oxygen atoms in total. The normalized spacial score (nSPS) is 17.2. The van der Waals surface area contributed by atoms with Crippen molar-refractivity contribution in [1.29, 1.82) is 5.26 Å². The van der Waals surface area contributed by atoms with Crippen molar-refractivity contribution in [3.8, 4) is 6.07 Å². The number of rotatable bonds is 5. The maximum absolute atomic E-state index is 12.9. The van der Waals surface area contributed by atoms with E-state index in [0.717, 1.165) is 47.4 Å². The standard InChI is InChI=1S/C20H26N4O2S2/c1-12-13(2)28-18-16(12)17(25)22-15(23-18)10-27-14(3)19(26)24(4)20(11-21)8-6-5-7-9-20/h14H,5-10H2,1-4H3,(H,22,23,25)/t14-/m0/s1. The Labute approximate surface area is 173 Å².